The Kier molecular flexibility index (Phi) is 4.30. The van der Waals surface area contributed by atoms with E-state index >= 15 is 0 Å². The first-order valence-corrected chi connectivity index (χ1v) is 6.19. The van der Waals surface area contributed by atoms with Crippen LogP contribution in [0.2, 0.25) is 0 Å². The van der Waals surface area contributed by atoms with Crippen LogP contribution in [0, 0.1) is 0 Å². The number of aliphatic hydroxyl groups excluding tert-OH is 1. The summed E-state index contributed by atoms with van der Waals surface area (Å²) in [4.78, 5) is 8.62. The van der Waals surface area contributed by atoms with E-state index < -0.39 is 0 Å². The lowest BCUT2D eigenvalue weighted by Crippen LogP contribution is -2.01. The molecule has 0 saturated carbocycles. The van der Waals surface area contributed by atoms with Gasteiger partial charge in [-0.25, -0.2) is 4.98 Å². The molecule has 100 valence electrons. The van der Waals surface area contributed by atoms with Crippen molar-refractivity contribution in [1.29, 1.82) is 0 Å². The molecule has 0 radical (unpaired) electrons. The number of rotatable bonds is 5. The zero-order chi connectivity index (χ0) is 13.7. The Bertz CT molecular complexity index is 536. The number of nitrogens with one attached hydrogen (secondary N) is 1. The Morgan fingerprint density at radius 3 is 2.74 bits per heavy atom. The van der Waals surface area contributed by atoms with Crippen LogP contribution in [0.15, 0.2) is 30.3 Å². The van der Waals surface area contributed by atoms with Crippen LogP contribution in [0.25, 0.3) is 0 Å². The fourth-order valence-electron chi connectivity index (χ4n) is 1.66. The SMILES string of the molecule is CCc1nc(NC)cc(Oc2ccccc2CO)n1. The normalized spacial score (nSPS) is 10.3. The highest BCUT2D eigenvalue weighted by Crippen LogP contribution is 2.25. The van der Waals surface area contributed by atoms with Crippen LogP contribution in [-0.2, 0) is 13.0 Å². The molecule has 0 saturated heterocycles. The third-order valence-corrected chi connectivity index (χ3v) is 2.68. The summed E-state index contributed by atoms with van der Waals surface area (Å²) < 4.78 is 5.73. The van der Waals surface area contributed by atoms with Crippen molar-refractivity contribution in [3.05, 3.63) is 41.7 Å². The molecule has 0 bridgehead atoms. The van der Waals surface area contributed by atoms with Gasteiger partial charge >= 0.3 is 0 Å². The van der Waals surface area contributed by atoms with Gasteiger partial charge in [0, 0.05) is 25.1 Å². The van der Waals surface area contributed by atoms with Crippen LogP contribution in [-0.4, -0.2) is 22.1 Å². The largest absolute Gasteiger partial charge is 0.438 e. The summed E-state index contributed by atoms with van der Waals surface area (Å²) in [6.45, 7) is 1.92. The van der Waals surface area contributed by atoms with Gasteiger partial charge in [-0.2, -0.15) is 4.98 Å². The summed E-state index contributed by atoms with van der Waals surface area (Å²) in [5.74, 6) is 2.50. The molecule has 19 heavy (non-hydrogen) atoms. The highest BCUT2D eigenvalue weighted by Gasteiger charge is 2.07. The Hall–Kier alpha value is -2.14. The molecule has 0 aliphatic rings. The number of hydrogen-bond acceptors (Lipinski definition) is 5. The van der Waals surface area contributed by atoms with Crippen molar-refractivity contribution in [2.24, 2.45) is 0 Å². The molecule has 1 aromatic heterocycles. The lowest BCUT2D eigenvalue weighted by molar-refractivity contribution is 0.276. The van der Waals surface area contributed by atoms with E-state index in [1.54, 1.807) is 19.2 Å². The van der Waals surface area contributed by atoms with E-state index in [-0.39, 0.29) is 6.61 Å². The van der Waals surface area contributed by atoms with Crippen molar-refractivity contribution in [3.8, 4) is 11.6 Å². The minimum atomic E-state index is -0.0687. The molecule has 0 fully saturated rings. The molecule has 0 atom stereocenters. The van der Waals surface area contributed by atoms with Crippen LogP contribution in [0.5, 0.6) is 11.6 Å². The first kappa shape index (κ1) is 13.3. The van der Waals surface area contributed by atoms with Gasteiger partial charge in [0.1, 0.15) is 17.4 Å². The summed E-state index contributed by atoms with van der Waals surface area (Å²) in [6.07, 6.45) is 0.730. The third kappa shape index (κ3) is 3.20. The van der Waals surface area contributed by atoms with Gasteiger partial charge < -0.3 is 15.2 Å². The maximum atomic E-state index is 9.27. The summed E-state index contributed by atoms with van der Waals surface area (Å²) >= 11 is 0. The highest BCUT2D eigenvalue weighted by molar-refractivity contribution is 5.41. The summed E-state index contributed by atoms with van der Waals surface area (Å²) in [7, 11) is 1.80. The van der Waals surface area contributed by atoms with Gasteiger partial charge in [-0.1, -0.05) is 25.1 Å². The fraction of sp³-hybridized carbons (Fsp3) is 0.286. The van der Waals surface area contributed by atoms with Crippen molar-refractivity contribution in [3.63, 3.8) is 0 Å². The number of nitrogens with zero attached hydrogens (tertiary/aromatic N) is 2. The van der Waals surface area contributed by atoms with Gasteiger partial charge in [0.2, 0.25) is 5.88 Å². The first-order valence-electron chi connectivity index (χ1n) is 6.19. The predicted molar refractivity (Wildman–Crippen MR) is 73.4 cm³/mol. The number of hydrogen-bond donors (Lipinski definition) is 2. The van der Waals surface area contributed by atoms with Gasteiger partial charge in [-0.3, -0.25) is 0 Å². The van der Waals surface area contributed by atoms with Crippen LogP contribution in [0.3, 0.4) is 0 Å². The van der Waals surface area contributed by atoms with Crippen molar-refractivity contribution < 1.29 is 9.84 Å². The molecule has 2 aromatic rings. The summed E-state index contributed by atoms with van der Waals surface area (Å²) in [5, 5.41) is 12.2. The van der Waals surface area contributed by atoms with Crippen molar-refractivity contribution in [2.45, 2.75) is 20.0 Å². The van der Waals surface area contributed by atoms with Crippen molar-refractivity contribution >= 4 is 5.82 Å². The Labute approximate surface area is 112 Å². The van der Waals surface area contributed by atoms with E-state index in [0.29, 0.717) is 23.3 Å². The van der Waals surface area contributed by atoms with E-state index in [9.17, 15) is 5.11 Å². The minimum absolute atomic E-state index is 0.0687. The standard InChI is InChI=1S/C14H17N3O2/c1-3-12-16-13(15-2)8-14(17-12)19-11-7-5-4-6-10(11)9-18/h4-8,18H,3,9H2,1-2H3,(H,15,16,17). The average molecular weight is 259 g/mol. The molecular weight excluding hydrogens is 242 g/mol. The van der Waals surface area contributed by atoms with Gasteiger partial charge in [0.25, 0.3) is 0 Å². The van der Waals surface area contributed by atoms with E-state index in [4.69, 9.17) is 4.74 Å². The van der Waals surface area contributed by atoms with Crippen LogP contribution in [0.1, 0.15) is 18.3 Å². The second-order valence-corrected chi connectivity index (χ2v) is 3.98. The molecular formula is C14H17N3O2. The average Bonchev–Trinajstić information content (AvgIpc) is 2.47. The van der Waals surface area contributed by atoms with E-state index in [1.165, 1.54) is 0 Å². The Balaban J connectivity index is 2.32. The number of aryl methyl sites for hydroxylation is 1. The zero-order valence-corrected chi connectivity index (χ0v) is 11.1. The maximum Gasteiger partial charge on any atom is 0.224 e. The molecule has 5 heteroatoms. The topological polar surface area (TPSA) is 67.3 Å². The number of ether oxygens (including phenoxy) is 1. The predicted octanol–water partition coefficient (Wildman–Crippen LogP) is 2.37. The monoisotopic (exact) mass is 259 g/mol. The minimum Gasteiger partial charge on any atom is -0.438 e. The molecule has 0 aliphatic heterocycles. The van der Waals surface area contributed by atoms with Crippen molar-refractivity contribution in [2.75, 3.05) is 12.4 Å². The van der Waals surface area contributed by atoms with Gasteiger partial charge in [0.05, 0.1) is 6.61 Å². The number of anilines is 1. The summed E-state index contributed by atoms with van der Waals surface area (Å²) in [5.41, 5.74) is 0.727. The second kappa shape index (κ2) is 6.15. The van der Waals surface area contributed by atoms with Crippen LogP contribution < -0.4 is 10.1 Å². The smallest absolute Gasteiger partial charge is 0.224 e. The maximum absolute atomic E-state index is 9.27. The number of benzene rings is 1. The Morgan fingerprint density at radius 1 is 1.26 bits per heavy atom. The van der Waals surface area contributed by atoms with Gasteiger partial charge in [-0.15, -0.1) is 0 Å². The Morgan fingerprint density at radius 2 is 2.05 bits per heavy atom. The van der Waals surface area contributed by atoms with E-state index in [2.05, 4.69) is 15.3 Å². The quantitative estimate of drug-likeness (QED) is 0.862. The van der Waals surface area contributed by atoms with E-state index in [0.717, 1.165) is 12.0 Å². The fourth-order valence-corrected chi connectivity index (χ4v) is 1.66. The molecule has 0 unspecified atom stereocenters. The lowest BCUT2D eigenvalue weighted by Gasteiger charge is -2.10. The molecule has 0 spiro atoms. The van der Waals surface area contributed by atoms with E-state index in [1.807, 2.05) is 25.1 Å². The molecule has 2 N–H and O–H groups in total. The number of aliphatic hydroxyl groups is 1. The second-order valence-electron chi connectivity index (χ2n) is 3.98. The highest BCUT2D eigenvalue weighted by atomic mass is 16.5. The third-order valence-electron chi connectivity index (χ3n) is 2.68. The molecule has 0 amide bonds. The van der Waals surface area contributed by atoms with Gasteiger partial charge in [0.15, 0.2) is 0 Å². The van der Waals surface area contributed by atoms with Crippen LogP contribution >= 0.6 is 0 Å². The molecule has 1 aromatic carbocycles. The summed E-state index contributed by atoms with van der Waals surface area (Å²) in [6, 6.07) is 9.06. The number of para-hydroxylation sites is 1. The van der Waals surface area contributed by atoms with Crippen molar-refractivity contribution in [1.82, 2.24) is 9.97 Å². The van der Waals surface area contributed by atoms with Crippen LogP contribution in [0.4, 0.5) is 5.82 Å². The molecule has 1 heterocycles. The van der Waals surface area contributed by atoms with Gasteiger partial charge in [-0.05, 0) is 6.07 Å². The molecule has 2 rings (SSSR count). The molecule has 0 aliphatic carbocycles. The lowest BCUT2D eigenvalue weighted by atomic mass is 10.2. The number of aromatic nitrogens is 2. The first-order chi connectivity index (χ1) is 9.26. The zero-order valence-electron chi connectivity index (χ0n) is 11.1. The molecule has 5 nitrogen and oxygen atoms in total.